The summed E-state index contributed by atoms with van der Waals surface area (Å²) in [7, 11) is -6.32. The van der Waals surface area contributed by atoms with Gasteiger partial charge in [-0.25, -0.2) is 4.79 Å². The van der Waals surface area contributed by atoms with Gasteiger partial charge < -0.3 is 19.5 Å². The molecule has 0 fully saturated rings. The Kier molecular flexibility index (Phi) is 5.09. The first-order chi connectivity index (χ1) is 8.71. The van der Waals surface area contributed by atoms with Crippen LogP contribution < -0.4 is 0 Å². The summed E-state index contributed by atoms with van der Waals surface area (Å²) in [6, 6.07) is 0. The number of halogens is 3. The minimum absolute atomic E-state index is 1.55. The average Bonchev–Trinajstić information content (AvgIpc) is 2.11. The van der Waals surface area contributed by atoms with Crippen LogP contribution in [0, 0.1) is 0 Å². The molecular weight excluding hydrogens is 317 g/mol. The highest BCUT2D eigenvalue weighted by Gasteiger charge is 2.51. The Bertz CT molecular complexity index is 522. The molecule has 0 heterocycles. The quantitative estimate of drug-likeness (QED) is 0.414. The van der Waals surface area contributed by atoms with Gasteiger partial charge in [-0.2, -0.15) is 21.6 Å². The van der Waals surface area contributed by atoms with E-state index in [1.54, 1.807) is 0 Å². The van der Waals surface area contributed by atoms with Crippen molar-refractivity contribution in [3.63, 3.8) is 0 Å². The van der Waals surface area contributed by atoms with Gasteiger partial charge in [0, 0.05) is 0 Å². The van der Waals surface area contributed by atoms with E-state index >= 15 is 0 Å². The molecule has 0 aliphatic heterocycles. The molecule has 1 atom stereocenters. The highest BCUT2D eigenvalue weighted by Crippen LogP contribution is 2.26. The van der Waals surface area contributed by atoms with E-state index in [2.05, 4.69) is 4.18 Å². The van der Waals surface area contributed by atoms with Crippen LogP contribution >= 0.6 is 0 Å². The van der Waals surface area contributed by atoms with Crippen LogP contribution in [0.4, 0.5) is 13.2 Å². The van der Waals surface area contributed by atoms with Gasteiger partial charge in [-0.1, -0.05) is 0 Å². The van der Waals surface area contributed by atoms with Crippen molar-refractivity contribution in [1.29, 1.82) is 0 Å². The third kappa shape index (κ3) is 4.65. The molecule has 0 aliphatic rings. The number of hydrogen-bond donors (Lipinski definition) is 3. The number of alkyl halides is 3. The standard InChI is InChI=1S/C7H7F3O9S/c8-7(9,10)20(17,18)19-4(13)2-6(16,5(14)15)1-3(11)12/h16H,1-2H2,(H,11,12)(H,14,15). The van der Waals surface area contributed by atoms with E-state index in [-0.39, 0.29) is 0 Å². The van der Waals surface area contributed by atoms with Crippen LogP contribution in [0.15, 0.2) is 0 Å². The highest BCUT2D eigenvalue weighted by atomic mass is 32.2. The van der Waals surface area contributed by atoms with Crippen LogP contribution in [-0.2, 0) is 28.7 Å². The van der Waals surface area contributed by atoms with Gasteiger partial charge >= 0.3 is 33.5 Å². The molecule has 0 aromatic rings. The van der Waals surface area contributed by atoms with Crippen LogP contribution in [0.25, 0.3) is 0 Å². The van der Waals surface area contributed by atoms with E-state index in [4.69, 9.17) is 10.2 Å². The van der Waals surface area contributed by atoms with Crippen molar-refractivity contribution in [2.24, 2.45) is 0 Å². The van der Waals surface area contributed by atoms with Crippen molar-refractivity contribution in [3.8, 4) is 0 Å². The minimum Gasteiger partial charge on any atom is -0.481 e. The van der Waals surface area contributed by atoms with Crippen LogP contribution in [-0.4, -0.2) is 52.8 Å². The van der Waals surface area contributed by atoms with Crippen LogP contribution in [0.3, 0.4) is 0 Å². The first-order valence-corrected chi connectivity index (χ1v) is 5.83. The third-order valence-electron chi connectivity index (χ3n) is 1.76. The molecule has 13 heteroatoms. The number of carbonyl (C=O) groups is 3. The van der Waals surface area contributed by atoms with E-state index in [9.17, 15) is 41.1 Å². The molecule has 0 bridgehead atoms. The molecule has 0 aromatic carbocycles. The van der Waals surface area contributed by atoms with Crippen molar-refractivity contribution in [2.45, 2.75) is 24.0 Å². The van der Waals surface area contributed by atoms with Gasteiger partial charge in [-0.05, 0) is 0 Å². The lowest BCUT2D eigenvalue weighted by molar-refractivity contribution is -0.170. The van der Waals surface area contributed by atoms with E-state index < -0.39 is 52.0 Å². The lowest BCUT2D eigenvalue weighted by Crippen LogP contribution is -2.43. The zero-order valence-electron chi connectivity index (χ0n) is 9.25. The Morgan fingerprint density at radius 2 is 1.50 bits per heavy atom. The first-order valence-electron chi connectivity index (χ1n) is 4.42. The van der Waals surface area contributed by atoms with E-state index in [0.717, 1.165) is 0 Å². The molecule has 0 radical (unpaired) electrons. The van der Waals surface area contributed by atoms with E-state index in [1.165, 1.54) is 0 Å². The number of rotatable bonds is 6. The third-order valence-corrected chi connectivity index (χ3v) is 2.74. The number of carboxylic acids is 2. The summed E-state index contributed by atoms with van der Waals surface area (Å²) < 4.78 is 59.4. The maximum atomic E-state index is 11.9. The second kappa shape index (κ2) is 5.62. The lowest BCUT2D eigenvalue weighted by atomic mass is 9.96. The van der Waals surface area contributed by atoms with Gasteiger partial charge in [0.1, 0.15) is 0 Å². The van der Waals surface area contributed by atoms with Crippen molar-refractivity contribution >= 4 is 28.0 Å². The molecule has 116 valence electrons. The number of aliphatic carboxylic acids is 2. The summed E-state index contributed by atoms with van der Waals surface area (Å²) >= 11 is 0. The summed E-state index contributed by atoms with van der Waals surface area (Å²) in [5, 5.41) is 26.1. The number of hydrogen-bond acceptors (Lipinski definition) is 7. The predicted molar refractivity (Wildman–Crippen MR) is 50.5 cm³/mol. The van der Waals surface area contributed by atoms with Crippen molar-refractivity contribution in [2.75, 3.05) is 0 Å². The minimum atomic E-state index is -6.32. The molecule has 9 nitrogen and oxygen atoms in total. The zero-order chi connectivity index (χ0) is 16.4. The molecular formula is C7H7F3O9S. The second-order valence-corrected chi connectivity index (χ2v) is 4.98. The van der Waals surface area contributed by atoms with Crippen molar-refractivity contribution < 1.29 is 55.5 Å². The molecule has 0 rings (SSSR count). The van der Waals surface area contributed by atoms with Gasteiger partial charge in [0.05, 0.1) is 12.8 Å². The van der Waals surface area contributed by atoms with Gasteiger partial charge in [-0.15, -0.1) is 0 Å². The molecule has 3 N–H and O–H groups in total. The monoisotopic (exact) mass is 324 g/mol. The lowest BCUT2D eigenvalue weighted by Gasteiger charge is -2.20. The average molecular weight is 324 g/mol. The van der Waals surface area contributed by atoms with Gasteiger partial charge in [0.25, 0.3) is 0 Å². The maximum Gasteiger partial charge on any atom is 0.534 e. The highest BCUT2D eigenvalue weighted by molar-refractivity contribution is 7.88. The fourth-order valence-corrected chi connectivity index (χ4v) is 1.30. The molecule has 1 unspecified atom stereocenters. The van der Waals surface area contributed by atoms with Crippen molar-refractivity contribution in [3.05, 3.63) is 0 Å². The Morgan fingerprint density at radius 3 is 1.80 bits per heavy atom. The number of carboxylic acid groups (broad SMARTS) is 2. The summed E-state index contributed by atoms with van der Waals surface area (Å²) in [5.41, 5.74) is -9.24. The summed E-state index contributed by atoms with van der Waals surface area (Å²) in [5.74, 6) is -6.41. The maximum absolute atomic E-state index is 11.9. The molecule has 0 aromatic heterocycles. The summed E-state index contributed by atoms with van der Waals surface area (Å²) in [6.07, 6.45) is -3.35. The first kappa shape index (κ1) is 18.1. The predicted octanol–water partition coefficient (Wildman–Crippen LogP) is -0.940. The van der Waals surface area contributed by atoms with Crippen LogP contribution in [0.5, 0.6) is 0 Å². The van der Waals surface area contributed by atoms with Crippen molar-refractivity contribution in [1.82, 2.24) is 0 Å². The van der Waals surface area contributed by atoms with Gasteiger partial charge in [0.2, 0.25) is 0 Å². The molecule has 20 heavy (non-hydrogen) atoms. The number of aliphatic hydroxyl groups is 1. The van der Waals surface area contributed by atoms with E-state index in [0.29, 0.717) is 0 Å². The molecule has 0 aliphatic carbocycles. The summed E-state index contributed by atoms with van der Waals surface area (Å²) in [6.45, 7) is 0. The fourth-order valence-electron chi connectivity index (χ4n) is 0.902. The fraction of sp³-hybridized carbons (Fsp3) is 0.571. The smallest absolute Gasteiger partial charge is 0.481 e. The number of carbonyl (C=O) groups excluding carboxylic acids is 1. The molecule has 0 amide bonds. The Labute approximate surface area is 108 Å². The summed E-state index contributed by atoms with van der Waals surface area (Å²) in [4.78, 5) is 31.7. The Hall–Kier alpha value is -1.89. The normalized spacial score (nSPS) is 15.2. The molecule has 0 saturated carbocycles. The topological polar surface area (TPSA) is 155 Å². The molecule has 0 saturated heterocycles. The Balaban J connectivity index is 5.08. The SMILES string of the molecule is O=C(O)CC(O)(CC(=O)OS(=O)(=O)C(F)(F)F)C(=O)O. The van der Waals surface area contributed by atoms with Crippen LogP contribution in [0.2, 0.25) is 0 Å². The second-order valence-electron chi connectivity index (χ2n) is 3.44. The van der Waals surface area contributed by atoms with Gasteiger partial charge in [0.15, 0.2) is 5.60 Å². The Morgan fingerprint density at radius 1 is 1.05 bits per heavy atom. The molecule has 0 spiro atoms. The largest absolute Gasteiger partial charge is 0.534 e. The van der Waals surface area contributed by atoms with Crippen LogP contribution in [0.1, 0.15) is 12.8 Å². The van der Waals surface area contributed by atoms with E-state index in [1.807, 2.05) is 0 Å². The zero-order valence-corrected chi connectivity index (χ0v) is 10.1. The van der Waals surface area contributed by atoms with Gasteiger partial charge in [-0.3, -0.25) is 9.59 Å².